The SMILES string of the molecule is CCCOC(C)N1COC(C)C1=O. The summed E-state index contributed by atoms with van der Waals surface area (Å²) in [5.41, 5.74) is 0. The van der Waals surface area contributed by atoms with Gasteiger partial charge in [-0.25, -0.2) is 0 Å². The van der Waals surface area contributed by atoms with Crippen LogP contribution in [0.1, 0.15) is 27.2 Å². The number of hydrogen-bond acceptors (Lipinski definition) is 3. The van der Waals surface area contributed by atoms with Crippen molar-refractivity contribution in [1.82, 2.24) is 4.90 Å². The minimum absolute atomic E-state index is 0.0172. The standard InChI is InChI=1S/C9H17NO3/c1-4-5-12-8(3)10-6-13-7(2)9(10)11/h7-8H,4-6H2,1-3H3. The average molecular weight is 187 g/mol. The van der Waals surface area contributed by atoms with Gasteiger partial charge in [0.25, 0.3) is 5.91 Å². The molecule has 76 valence electrons. The van der Waals surface area contributed by atoms with Crippen molar-refractivity contribution in [2.24, 2.45) is 0 Å². The van der Waals surface area contributed by atoms with E-state index in [1.165, 1.54) is 0 Å². The van der Waals surface area contributed by atoms with Gasteiger partial charge < -0.3 is 9.47 Å². The zero-order chi connectivity index (χ0) is 9.84. The highest BCUT2D eigenvalue weighted by Gasteiger charge is 2.32. The summed E-state index contributed by atoms with van der Waals surface area (Å²) < 4.78 is 10.6. The third kappa shape index (κ3) is 2.42. The fourth-order valence-electron chi connectivity index (χ4n) is 1.22. The molecule has 1 rings (SSSR count). The second kappa shape index (κ2) is 4.58. The number of rotatable bonds is 4. The van der Waals surface area contributed by atoms with E-state index in [-0.39, 0.29) is 18.2 Å². The molecule has 1 aliphatic rings. The molecule has 1 fully saturated rings. The third-order valence-corrected chi connectivity index (χ3v) is 2.10. The molecule has 0 aromatic rings. The number of nitrogens with zero attached hydrogens (tertiary/aromatic N) is 1. The molecule has 4 nitrogen and oxygen atoms in total. The largest absolute Gasteiger partial charge is 0.359 e. The maximum Gasteiger partial charge on any atom is 0.255 e. The van der Waals surface area contributed by atoms with Gasteiger partial charge in [-0.1, -0.05) is 6.92 Å². The molecule has 0 aromatic carbocycles. The highest BCUT2D eigenvalue weighted by atomic mass is 16.5. The lowest BCUT2D eigenvalue weighted by Gasteiger charge is -2.22. The molecule has 2 atom stereocenters. The molecule has 1 aliphatic heterocycles. The molecule has 0 aliphatic carbocycles. The van der Waals surface area contributed by atoms with Crippen LogP contribution in [0, 0.1) is 0 Å². The summed E-state index contributed by atoms with van der Waals surface area (Å²) in [6.07, 6.45) is 0.480. The molecule has 0 saturated carbocycles. The molecule has 1 saturated heterocycles. The Morgan fingerprint density at radius 2 is 2.46 bits per heavy atom. The Bertz CT molecular complexity index is 184. The summed E-state index contributed by atoms with van der Waals surface area (Å²) >= 11 is 0. The normalized spacial score (nSPS) is 25.3. The smallest absolute Gasteiger partial charge is 0.255 e. The van der Waals surface area contributed by atoms with Crippen LogP contribution in [0.15, 0.2) is 0 Å². The molecular weight excluding hydrogens is 170 g/mol. The molecule has 2 unspecified atom stereocenters. The molecule has 0 spiro atoms. The zero-order valence-electron chi connectivity index (χ0n) is 8.45. The molecule has 4 heteroatoms. The van der Waals surface area contributed by atoms with Crippen molar-refractivity contribution < 1.29 is 14.3 Å². The van der Waals surface area contributed by atoms with E-state index in [9.17, 15) is 4.79 Å². The van der Waals surface area contributed by atoms with Gasteiger partial charge in [0.2, 0.25) is 0 Å². The van der Waals surface area contributed by atoms with Crippen molar-refractivity contribution >= 4 is 5.91 Å². The first-order chi connectivity index (χ1) is 6.16. The number of ether oxygens (including phenoxy) is 2. The van der Waals surface area contributed by atoms with Crippen LogP contribution in [-0.4, -0.2) is 36.5 Å². The third-order valence-electron chi connectivity index (χ3n) is 2.10. The van der Waals surface area contributed by atoms with Gasteiger partial charge in [0.05, 0.1) is 0 Å². The van der Waals surface area contributed by atoms with Crippen molar-refractivity contribution in [3.63, 3.8) is 0 Å². The monoisotopic (exact) mass is 187 g/mol. The topological polar surface area (TPSA) is 38.8 Å². The van der Waals surface area contributed by atoms with E-state index in [1.807, 2.05) is 13.8 Å². The second-order valence-electron chi connectivity index (χ2n) is 3.22. The molecule has 1 heterocycles. The predicted octanol–water partition coefficient (Wildman–Crippen LogP) is 0.964. The Balaban J connectivity index is 2.39. The van der Waals surface area contributed by atoms with Crippen LogP contribution in [0.2, 0.25) is 0 Å². The van der Waals surface area contributed by atoms with E-state index < -0.39 is 0 Å². The van der Waals surface area contributed by atoms with E-state index in [2.05, 4.69) is 0 Å². The lowest BCUT2D eigenvalue weighted by Crippen LogP contribution is -2.38. The number of hydrogen-bond donors (Lipinski definition) is 0. The Morgan fingerprint density at radius 3 is 2.92 bits per heavy atom. The Hall–Kier alpha value is -0.610. The maximum atomic E-state index is 11.4. The van der Waals surface area contributed by atoms with Crippen molar-refractivity contribution in [2.45, 2.75) is 39.5 Å². The van der Waals surface area contributed by atoms with Gasteiger partial charge in [-0.3, -0.25) is 9.69 Å². The first kappa shape index (κ1) is 10.5. The van der Waals surface area contributed by atoms with Crippen molar-refractivity contribution in [3.8, 4) is 0 Å². The fourth-order valence-corrected chi connectivity index (χ4v) is 1.22. The van der Waals surface area contributed by atoms with Crippen LogP contribution >= 0.6 is 0 Å². The summed E-state index contributed by atoms with van der Waals surface area (Å²) in [6.45, 7) is 6.70. The van der Waals surface area contributed by atoms with Crippen molar-refractivity contribution in [2.75, 3.05) is 13.3 Å². The highest BCUT2D eigenvalue weighted by molar-refractivity contribution is 5.81. The number of carbonyl (C=O) groups excluding carboxylic acids is 1. The van der Waals surface area contributed by atoms with Gasteiger partial charge >= 0.3 is 0 Å². The van der Waals surface area contributed by atoms with Crippen LogP contribution in [-0.2, 0) is 14.3 Å². The van der Waals surface area contributed by atoms with Gasteiger partial charge in [0.1, 0.15) is 19.1 Å². The first-order valence-electron chi connectivity index (χ1n) is 4.70. The van der Waals surface area contributed by atoms with Crippen LogP contribution in [0.25, 0.3) is 0 Å². The lowest BCUT2D eigenvalue weighted by molar-refractivity contribution is -0.140. The van der Waals surface area contributed by atoms with E-state index in [1.54, 1.807) is 11.8 Å². The molecule has 0 radical (unpaired) electrons. The molecule has 13 heavy (non-hydrogen) atoms. The van der Waals surface area contributed by atoms with Gasteiger partial charge in [-0.05, 0) is 20.3 Å². The predicted molar refractivity (Wildman–Crippen MR) is 48.0 cm³/mol. The molecule has 0 bridgehead atoms. The quantitative estimate of drug-likeness (QED) is 0.658. The highest BCUT2D eigenvalue weighted by Crippen LogP contribution is 2.13. The van der Waals surface area contributed by atoms with Crippen LogP contribution in [0.4, 0.5) is 0 Å². The zero-order valence-corrected chi connectivity index (χ0v) is 8.45. The second-order valence-corrected chi connectivity index (χ2v) is 3.22. The van der Waals surface area contributed by atoms with Crippen molar-refractivity contribution in [1.29, 1.82) is 0 Å². The number of carbonyl (C=O) groups is 1. The van der Waals surface area contributed by atoms with E-state index in [4.69, 9.17) is 9.47 Å². The summed E-state index contributed by atoms with van der Waals surface area (Å²) in [5, 5.41) is 0. The summed E-state index contributed by atoms with van der Waals surface area (Å²) in [4.78, 5) is 13.0. The van der Waals surface area contributed by atoms with Crippen molar-refractivity contribution in [3.05, 3.63) is 0 Å². The Morgan fingerprint density at radius 1 is 1.77 bits per heavy atom. The first-order valence-corrected chi connectivity index (χ1v) is 4.70. The van der Waals surface area contributed by atoms with E-state index in [0.717, 1.165) is 6.42 Å². The summed E-state index contributed by atoms with van der Waals surface area (Å²) in [7, 11) is 0. The minimum Gasteiger partial charge on any atom is -0.359 e. The summed E-state index contributed by atoms with van der Waals surface area (Å²) in [5.74, 6) is 0.0172. The van der Waals surface area contributed by atoms with Gasteiger partial charge in [0, 0.05) is 6.61 Å². The van der Waals surface area contributed by atoms with Crippen LogP contribution in [0.5, 0.6) is 0 Å². The minimum atomic E-state index is -0.312. The van der Waals surface area contributed by atoms with E-state index in [0.29, 0.717) is 13.3 Å². The molecule has 1 amide bonds. The molecule has 0 N–H and O–H groups in total. The van der Waals surface area contributed by atoms with Crippen LogP contribution in [0.3, 0.4) is 0 Å². The average Bonchev–Trinajstić information content (AvgIpc) is 2.44. The fraction of sp³-hybridized carbons (Fsp3) is 0.889. The Labute approximate surface area is 78.8 Å². The summed E-state index contributed by atoms with van der Waals surface area (Å²) in [6, 6.07) is 0. The number of amides is 1. The maximum absolute atomic E-state index is 11.4. The Kier molecular flexibility index (Phi) is 3.69. The van der Waals surface area contributed by atoms with Gasteiger partial charge in [-0.2, -0.15) is 0 Å². The lowest BCUT2D eigenvalue weighted by atomic mass is 10.3. The van der Waals surface area contributed by atoms with E-state index >= 15 is 0 Å². The van der Waals surface area contributed by atoms with Crippen LogP contribution < -0.4 is 0 Å². The molecular formula is C9H17NO3. The molecule has 0 aromatic heterocycles. The van der Waals surface area contributed by atoms with Gasteiger partial charge in [-0.15, -0.1) is 0 Å². The van der Waals surface area contributed by atoms with Gasteiger partial charge in [0.15, 0.2) is 0 Å².